The highest BCUT2D eigenvalue weighted by atomic mass is 32.2. The largest absolute Gasteiger partial charge is 0.378 e. The van der Waals surface area contributed by atoms with E-state index in [1.54, 1.807) is 18.2 Å². The molecule has 4 nitrogen and oxygen atoms in total. The molecular weight excluding hydrogens is 416 g/mol. The van der Waals surface area contributed by atoms with Crippen LogP contribution in [0.25, 0.3) is 5.57 Å². The molecule has 0 bridgehead atoms. The van der Waals surface area contributed by atoms with Crippen molar-refractivity contribution in [1.82, 2.24) is 8.61 Å². The van der Waals surface area contributed by atoms with Gasteiger partial charge in [0.05, 0.1) is 26.4 Å². The van der Waals surface area contributed by atoms with Crippen LogP contribution in [-0.2, 0) is 9.47 Å². The predicted octanol–water partition coefficient (Wildman–Crippen LogP) is 5.43. The number of ether oxygens (including phenoxy) is 2. The summed E-state index contributed by atoms with van der Waals surface area (Å²) in [5.41, 5.74) is 4.50. The average molecular weight is 451 g/mol. The van der Waals surface area contributed by atoms with Gasteiger partial charge in [-0.15, -0.1) is 6.42 Å². The highest BCUT2D eigenvalue weighted by Crippen LogP contribution is 2.28. The Labute approximate surface area is 198 Å². The highest BCUT2D eigenvalue weighted by Gasteiger charge is 2.21. The monoisotopic (exact) mass is 450 g/mol. The maximum Gasteiger partial charge on any atom is 0.0704 e. The van der Waals surface area contributed by atoms with Gasteiger partial charge in [0.25, 0.3) is 0 Å². The van der Waals surface area contributed by atoms with Crippen molar-refractivity contribution in [3.8, 4) is 12.3 Å². The summed E-state index contributed by atoms with van der Waals surface area (Å²) < 4.78 is 16.0. The van der Waals surface area contributed by atoms with Crippen molar-refractivity contribution in [3.05, 3.63) is 90.2 Å². The molecule has 0 saturated carbocycles. The van der Waals surface area contributed by atoms with Crippen LogP contribution in [0.15, 0.2) is 79.1 Å². The molecule has 0 spiro atoms. The lowest BCUT2D eigenvalue weighted by Crippen LogP contribution is -2.19. The van der Waals surface area contributed by atoms with E-state index in [9.17, 15) is 0 Å². The second kappa shape index (κ2) is 15.3. The molecule has 0 atom stereocenters. The van der Waals surface area contributed by atoms with Gasteiger partial charge >= 0.3 is 0 Å². The average Bonchev–Trinajstić information content (AvgIpc) is 3.26. The molecule has 1 aliphatic heterocycles. The Hall–Kier alpha value is -2.49. The molecule has 1 saturated heterocycles. The molecule has 0 aromatic heterocycles. The van der Waals surface area contributed by atoms with Crippen LogP contribution in [0.5, 0.6) is 0 Å². The first-order valence-electron chi connectivity index (χ1n) is 10.9. The molecule has 0 amide bonds. The number of rotatable bonds is 13. The van der Waals surface area contributed by atoms with Gasteiger partial charge in [-0.3, -0.25) is 0 Å². The summed E-state index contributed by atoms with van der Waals surface area (Å²) in [6, 6.07) is 8.32. The van der Waals surface area contributed by atoms with Crippen molar-refractivity contribution in [2.75, 3.05) is 46.1 Å². The SMILES string of the molecule is C#C/C=C(\C=C/COCCOCCN1CCN(C(/C=C\C)=C/C=C)S1)c1ccc(C)cc1. The molecule has 1 aliphatic rings. The molecule has 5 heteroatoms. The summed E-state index contributed by atoms with van der Waals surface area (Å²) in [6.07, 6.45) is 19.2. The maximum atomic E-state index is 5.73. The Morgan fingerprint density at radius 2 is 1.94 bits per heavy atom. The van der Waals surface area contributed by atoms with Gasteiger partial charge in [0.1, 0.15) is 0 Å². The van der Waals surface area contributed by atoms with Crippen LogP contribution in [0.4, 0.5) is 0 Å². The summed E-state index contributed by atoms with van der Waals surface area (Å²) in [4.78, 5) is 0. The minimum Gasteiger partial charge on any atom is -0.378 e. The van der Waals surface area contributed by atoms with Crippen molar-refractivity contribution in [1.29, 1.82) is 0 Å². The Balaban J connectivity index is 1.59. The lowest BCUT2D eigenvalue weighted by molar-refractivity contribution is 0.0556. The minimum absolute atomic E-state index is 0.525. The van der Waals surface area contributed by atoms with Gasteiger partial charge in [0.2, 0.25) is 0 Å². The zero-order chi connectivity index (χ0) is 23.0. The first-order chi connectivity index (χ1) is 15.7. The third-order valence-corrected chi connectivity index (χ3v) is 5.86. The van der Waals surface area contributed by atoms with E-state index in [1.807, 2.05) is 37.3 Å². The van der Waals surface area contributed by atoms with Gasteiger partial charge < -0.3 is 13.8 Å². The Kier molecular flexibility index (Phi) is 12.3. The number of nitrogens with zero attached hydrogens (tertiary/aromatic N) is 2. The van der Waals surface area contributed by atoms with E-state index in [0.29, 0.717) is 26.4 Å². The number of benzene rings is 1. The smallest absolute Gasteiger partial charge is 0.0704 e. The molecule has 32 heavy (non-hydrogen) atoms. The lowest BCUT2D eigenvalue weighted by Gasteiger charge is -2.18. The number of aryl methyl sites for hydroxylation is 1. The molecule has 1 aromatic carbocycles. The fourth-order valence-electron chi connectivity index (χ4n) is 3.04. The van der Waals surface area contributed by atoms with Crippen LogP contribution in [0.1, 0.15) is 18.1 Å². The van der Waals surface area contributed by atoms with Crippen LogP contribution in [0.2, 0.25) is 0 Å². The molecule has 0 unspecified atom stereocenters. The number of terminal acetylenes is 1. The number of hydrogen-bond donors (Lipinski definition) is 0. The molecule has 2 rings (SSSR count). The quantitative estimate of drug-likeness (QED) is 0.173. The summed E-state index contributed by atoms with van der Waals surface area (Å²) in [5, 5.41) is 0. The zero-order valence-electron chi connectivity index (χ0n) is 19.2. The van der Waals surface area contributed by atoms with Crippen molar-refractivity contribution in [2.24, 2.45) is 0 Å². The zero-order valence-corrected chi connectivity index (χ0v) is 20.0. The first kappa shape index (κ1) is 25.8. The first-order valence-corrected chi connectivity index (χ1v) is 11.6. The van der Waals surface area contributed by atoms with Crippen molar-refractivity contribution in [2.45, 2.75) is 13.8 Å². The van der Waals surface area contributed by atoms with E-state index >= 15 is 0 Å². The molecule has 1 heterocycles. The van der Waals surface area contributed by atoms with Gasteiger partial charge in [-0.1, -0.05) is 66.6 Å². The Morgan fingerprint density at radius 3 is 2.66 bits per heavy atom. The van der Waals surface area contributed by atoms with Gasteiger partial charge in [-0.2, -0.15) is 0 Å². The van der Waals surface area contributed by atoms with E-state index in [0.717, 1.165) is 30.8 Å². The van der Waals surface area contributed by atoms with E-state index in [1.165, 1.54) is 11.3 Å². The Morgan fingerprint density at radius 1 is 1.16 bits per heavy atom. The third-order valence-electron chi connectivity index (χ3n) is 4.67. The van der Waals surface area contributed by atoms with Crippen LogP contribution in [-0.4, -0.2) is 54.7 Å². The summed E-state index contributed by atoms with van der Waals surface area (Å²) in [6.45, 7) is 13.1. The predicted molar refractivity (Wildman–Crippen MR) is 138 cm³/mol. The molecular formula is C27H34N2O2S. The van der Waals surface area contributed by atoms with Crippen molar-refractivity contribution < 1.29 is 9.47 Å². The van der Waals surface area contributed by atoms with Gasteiger partial charge in [0, 0.05) is 37.5 Å². The van der Waals surface area contributed by atoms with Gasteiger partial charge in [0.15, 0.2) is 0 Å². The third kappa shape index (κ3) is 9.33. The van der Waals surface area contributed by atoms with Gasteiger partial charge in [-0.05, 0) is 43.2 Å². The topological polar surface area (TPSA) is 24.9 Å². The normalized spacial score (nSPS) is 15.7. The van der Waals surface area contributed by atoms with E-state index in [4.69, 9.17) is 15.9 Å². The van der Waals surface area contributed by atoms with Crippen LogP contribution < -0.4 is 0 Å². The van der Waals surface area contributed by atoms with Crippen molar-refractivity contribution >= 4 is 17.7 Å². The number of allylic oxidation sites excluding steroid dienone is 7. The summed E-state index contributed by atoms with van der Waals surface area (Å²) in [7, 11) is 0. The Bertz CT molecular complexity index is 863. The molecule has 170 valence electrons. The standard InChI is InChI=1S/C27H34N2O2S/c1-5-9-25(26-15-13-24(4)14-16-26)12-8-20-30-22-23-31-21-19-28-17-18-29(32-28)27(10-6-2)11-7-3/h1,6-16H,2,17-23H2,3-4H3/b11-7-,12-8-,25-9+,27-10+. The second-order valence-electron chi connectivity index (χ2n) is 7.16. The molecule has 1 aromatic rings. The minimum atomic E-state index is 0.525. The van der Waals surface area contributed by atoms with Crippen molar-refractivity contribution in [3.63, 3.8) is 0 Å². The highest BCUT2D eigenvalue weighted by molar-refractivity contribution is 7.95. The number of hydrogen-bond acceptors (Lipinski definition) is 5. The van der Waals surface area contributed by atoms with E-state index < -0.39 is 0 Å². The maximum absolute atomic E-state index is 5.73. The molecule has 0 N–H and O–H groups in total. The van der Waals surface area contributed by atoms with Crippen LogP contribution in [0, 0.1) is 19.3 Å². The molecule has 0 radical (unpaired) electrons. The fraction of sp³-hybridized carbons (Fsp3) is 0.333. The van der Waals surface area contributed by atoms with Crippen LogP contribution >= 0.6 is 12.1 Å². The van der Waals surface area contributed by atoms with E-state index in [2.05, 4.69) is 58.4 Å². The van der Waals surface area contributed by atoms with Crippen LogP contribution in [0.3, 0.4) is 0 Å². The molecule has 1 fully saturated rings. The lowest BCUT2D eigenvalue weighted by atomic mass is 10.0. The summed E-state index contributed by atoms with van der Waals surface area (Å²) >= 11 is 1.74. The summed E-state index contributed by atoms with van der Waals surface area (Å²) in [5.74, 6) is 2.61. The second-order valence-corrected chi connectivity index (χ2v) is 8.28. The molecule has 0 aliphatic carbocycles. The fourth-order valence-corrected chi connectivity index (χ4v) is 4.02. The van der Waals surface area contributed by atoms with Gasteiger partial charge in [-0.25, -0.2) is 4.31 Å². The van der Waals surface area contributed by atoms with E-state index in [-0.39, 0.29) is 0 Å².